The quantitative estimate of drug-likeness (QED) is 0.630. The zero-order valence-electron chi connectivity index (χ0n) is 18.9. The highest BCUT2D eigenvalue weighted by molar-refractivity contribution is 5.99. The molecule has 31 heavy (non-hydrogen) atoms. The molecular weight excluding hydrogens is 394 g/mol. The summed E-state index contributed by atoms with van der Waals surface area (Å²) >= 11 is 0. The first-order valence-corrected chi connectivity index (χ1v) is 9.84. The monoisotopic (exact) mass is 421 g/mol. The number of amides is 1. The fourth-order valence-corrected chi connectivity index (χ4v) is 3.54. The van der Waals surface area contributed by atoms with Gasteiger partial charge in [0.15, 0.2) is 0 Å². The van der Waals surface area contributed by atoms with E-state index in [9.17, 15) is 10.1 Å². The second-order valence-corrected chi connectivity index (χ2v) is 8.39. The number of nitrogens with two attached hydrogens (primary N) is 1. The van der Waals surface area contributed by atoms with Crippen LogP contribution in [0.25, 0.3) is 16.7 Å². The molecule has 8 nitrogen and oxygen atoms in total. The molecule has 162 valence electrons. The number of nitrogens with zero attached hydrogens (tertiary/aromatic N) is 3. The van der Waals surface area contributed by atoms with Gasteiger partial charge in [0.2, 0.25) is 0 Å². The van der Waals surface area contributed by atoms with Gasteiger partial charge in [-0.1, -0.05) is 6.07 Å². The van der Waals surface area contributed by atoms with E-state index in [1.54, 1.807) is 45.4 Å². The van der Waals surface area contributed by atoms with Crippen LogP contribution in [0, 0.1) is 32.1 Å². The van der Waals surface area contributed by atoms with E-state index in [1.807, 2.05) is 26.0 Å². The molecule has 0 unspecified atom stereocenters. The molecule has 0 saturated heterocycles. The average Bonchev–Trinajstić information content (AvgIpc) is 2.93. The fraction of sp³-hybridized carbons (Fsp3) is 0.348. The highest BCUT2D eigenvalue weighted by atomic mass is 16.6. The second-order valence-electron chi connectivity index (χ2n) is 8.39. The number of aryl methyl sites for hydroxylation is 2. The number of nitrogens with one attached hydrogen (secondary N) is 1. The van der Waals surface area contributed by atoms with E-state index in [0.717, 1.165) is 16.8 Å². The lowest BCUT2D eigenvalue weighted by Gasteiger charge is -2.21. The van der Waals surface area contributed by atoms with Gasteiger partial charge in [0, 0.05) is 10.9 Å². The van der Waals surface area contributed by atoms with Gasteiger partial charge in [-0.2, -0.15) is 5.26 Å². The smallest absolute Gasteiger partial charge is 0.413 e. The summed E-state index contributed by atoms with van der Waals surface area (Å²) in [5, 5.41) is 13.3. The van der Waals surface area contributed by atoms with E-state index in [2.05, 4.69) is 16.4 Å². The normalized spacial score (nSPS) is 11.3. The highest BCUT2D eigenvalue weighted by Gasteiger charge is 2.26. The van der Waals surface area contributed by atoms with E-state index in [0.29, 0.717) is 28.2 Å². The van der Waals surface area contributed by atoms with Crippen molar-refractivity contribution in [2.45, 2.75) is 47.1 Å². The third-order valence-corrected chi connectivity index (χ3v) is 4.93. The van der Waals surface area contributed by atoms with Crippen LogP contribution in [0.15, 0.2) is 18.2 Å². The fourth-order valence-electron chi connectivity index (χ4n) is 3.54. The van der Waals surface area contributed by atoms with Gasteiger partial charge in [0.1, 0.15) is 34.4 Å². The number of carbonyl (C=O) groups is 1. The Hall–Kier alpha value is -3.73. The van der Waals surface area contributed by atoms with Crippen molar-refractivity contribution in [1.82, 2.24) is 9.55 Å². The first-order valence-electron chi connectivity index (χ1n) is 9.84. The number of methoxy groups -OCH3 is 1. The number of rotatable bonds is 3. The number of nitrogen functional groups attached to an aromatic ring is 1. The molecule has 1 amide bonds. The molecule has 1 aromatic carbocycles. The Morgan fingerprint density at radius 1 is 1.26 bits per heavy atom. The van der Waals surface area contributed by atoms with Crippen LogP contribution in [0.1, 0.15) is 43.2 Å². The maximum Gasteiger partial charge on any atom is 0.413 e. The van der Waals surface area contributed by atoms with Crippen molar-refractivity contribution >= 4 is 28.6 Å². The summed E-state index contributed by atoms with van der Waals surface area (Å²) in [5.74, 6) is 0.944. The second kappa shape index (κ2) is 7.84. The number of benzene rings is 1. The Morgan fingerprint density at radius 3 is 2.52 bits per heavy atom. The lowest BCUT2D eigenvalue weighted by molar-refractivity contribution is 0.0635. The van der Waals surface area contributed by atoms with Gasteiger partial charge in [0.05, 0.1) is 24.2 Å². The number of nitriles is 1. The maximum absolute atomic E-state index is 12.7. The molecule has 3 N–H and O–H groups in total. The van der Waals surface area contributed by atoms with Crippen LogP contribution in [0.5, 0.6) is 5.75 Å². The summed E-state index contributed by atoms with van der Waals surface area (Å²) in [6.07, 6.45) is -0.670. The van der Waals surface area contributed by atoms with Crippen molar-refractivity contribution in [1.29, 1.82) is 5.26 Å². The maximum atomic E-state index is 12.7. The van der Waals surface area contributed by atoms with Gasteiger partial charge in [-0.15, -0.1) is 0 Å². The molecular formula is C23H27N5O3. The molecule has 2 heterocycles. The van der Waals surface area contributed by atoms with Gasteiger partial charge < -0.3 is 15.2 Å². The SMILES string of the molecule is COc1ccc(C)c(-n2c(NC(=O)OC(C)(C)C)c(C#N)c3cc(N)c(C)nc32)c1C. The van der Waals surface area contributed by atoms with Gasteiger partial charge in [-0.25, -0.2) is 9.78 Å². The van der Waals surface area contributed by atoms with Crippen molar-refractivity contribution in [2.24, 2.45) is 0 Å². The number of anilines is 2. The molecule has 8 heteroatoms. The topological polar surface area (TPSA) is 115 Å². The largest absolute Gasteiger partial charge is 0.496 e. The zero-order chi connectivity index (χ0) is 23.1. The predicted octanol–water partition coefficient (Wildman–Crippen LogP) is 4.76. The number of aromatic nitrogens is 2. The molecule has 0 fully saturated rings. The highest BCUT2D eigenvalue weighted by Crippen LogP contribution is 2.38. The number of hydrogen-bond acceptors (Lipinski definition) is 6. The first-order chi connectivity index (χ1) is 14.5. The minimum absolute atomic E-state index is 0.252. The van der Waals surface area contributed by atoms with E-state index < -0.39 is 11.7 Å². The Kier molecular flexibility index (Phi) is 5.55. The van der Waals surface area contributed by atoms with E-state index in [4.69, 9.17) is 15.2 Å². The number of fused-ring (bicyclic) bond motifs is 1. The van der Waals surface area contributed by atoms with Crippen LogP contribution >= 0.6 is 0 Å². The third-order valence-electron chi connectivity index (χ3n) is 4.93. The Bertz CT molecular complexity index is 1230. The summed E-state index contributed by atoms with van der Waals surface area (Å²) in [5.41, 5.74) is 9.75. The molecule has 0 aliphatic rings. The lowest BCUT2D eigenvalue weighted by atomic mass is 10.1. The van der Waals surface area contributed by atoms with Gasteiger partial charge in [-0.3, -0.25) is 9.88 Å². The molecule has 2 aromatic heterocycles. The third kappa shape index (κ3) is 3.99. The number of carbonyl (C=O) groups excluding carboxylic acids is 1. The zero-order valence-corrected chi connectivity index (χ0v) is 18.9. The Labute approximate surface area is 181 Å². The number of pyridine rings is 1. The summed E-state index contributed by atoms with van der Waals surface area (Å²) in [7, 11) is 1.60. The average molecular weight is 422 g/mol. The van der Waals surface area contributed by atoms with Crippen LogP contribution in [-0.2, 0) is 4.74 Å². The van der Waals surface area contributed by atoms with Gasteiger partial charge >= 0.3 is 6.09 Å². The van der Waals surface area contributed by atoms with E-state index in [-0.39, 0.29) is 11.4 Å². The minimum Gasteiger partial charge on any atom is -0.496 e. The molecule has 0 radical (unpaired) electrons. The van der Waals surface area contributed by atoms with Crippen molar-refractivity contribution in [3.8, 4) is 17.5 Å². The number of hydrogen-bond donors (Lipinski definition) is 2. The molecule has 0 bridgehead atoms. The van der Waals surface area contributed by atoms with Gasteiger partial charge in [0.25, 0.3) is 0 Å². The van der Waals surface area contributed by atoms with Crippen molar-refractivity contribution in [3.63, 3.8) is 0 Å². The summed E-state index contributed by atoms with van der Waals surface area (Å²) in [6.45, 7) is 11.0. The van der Waals surface area contributed by atoms with Crippen LogP contribution in [0.4, 0.5) is 16.3 Å². The minimum atomic E-state index is -0.700. The lowest BCUT2D eigenvalue weighted by Crippen LogP contribution is -2.28. The standard InChI is InChI=1S/C23H27N5O3/c1-12-8-9-18(30-7)13(2)19(12)28-20-15(10-17(25)14(3)26-20)16(11-24)21(28)27-22(29)31-23(4,5)6/h8-10H,25H2,1-7H3,(H,27,29). The van der Waals surface area contributed by atoms with Crippen LogP contribution < -0.4 is 15.8 Å². The first kappa shape index (κ1) is 22.0. The molecule has 0 saturated carbocycles. The summed E-state index contributed by atoms with van der Waals surface area (Å²) in [6, 6.07) is 7.69. The molecule has 3 aromatic rings. The molecule has 0 atom stereocenters. The van der Waals surface area contributed by atoms with E-state index >= 15 is 0 Å². The predicted molar refractivity (Wildman–Crippen MR) is 121 cm³/mol. The summed E-state index contributed by atoms with van der Waals surface area (Å²) in [4.78, 5) is 17.3. The van der Waals surface area contributed by atoms with Crippen molar-refractivity contribution in [3.05, 3.63) is 40.6 Å². The van der Waals surface area contributed by atoms with Crippen LogP contribution in [0.3, 0.4) is 0 Å². The Balaban J connectivity index is 2.41. The molecule has 0 spiro atoms. The molecule has 0 aliphatic heterocycles. The Morgan fingerprint density at radius 2 is 1.94 bits per heavy atom. The van der Waals surface area contributed by atoms with E-state index in [1.165, 1.54) is 0 Å². The van der Waals surface area contributed by atoms with Crippen molar-refractivity contribution < 1.29 is 14.3 Å². The van der Waals surface area contributed by atoms with Crippen molar-refractivity contribution in [2.75, 3.05) is 18.2 Å². The summed E-state index contributed by atoms with van der Waals surface area (Å²) < 4.78 is 12.7. The van der Waals surface area contributed by atoms with Gasteiger partial charge in [-0.05, 0) is 59.2 Å². The van der Waals surface area contributed by atoms with Crippen LogP contribution in [0.2, 0.25) is 0 Å². The molecule has 3 rings (SSSR count). The molecule has 0 aliphatic carbocycles. The van der Waals surface area contributed by atoms with Crippen LogP contribution in [-0.4, -0.2) is 28.4 Å². The number of ether oxygens (including phenoxy) is 2.